The highest BCUT2D eigenvalue weighted by molar-refractivity contribution is 5.74. The SMILES string of the molecule is O=C(COc1ccccc1Cc1ccccc1)Oc1ccc(-c2nnco2)cc1. The third-order valence-corrected chi connectivity index (χ3v) is 4.25. The molecule has 0 spiro atoms. The minimum atomic E-state index is -0.481. The van der Waals surface area contributed by atoms with Gasteiger partial charge in [-0.05, 0) is 41.5 Å². The molecule has 0 radical (unpaired) electrons. The summed E-state index contributed by atoms with van der Waals surface area (Å²) >= 11 is 0. The zero-order valence-corrected chi connectivity index (χ0v) is 15.5. The second kappa shape index (κ2) is 8.84. The average Bonchev–Trinajstić information content (AvgIpc) is 3.29. The highest BCUT2D eigenvalue weighted by Crippen LogP contribution is 2.22. The Labute approximate surface area is 167 Å². The van der Waals surface area contributed by atoms with Gasteiger partial charge in [0, 0.05) is 12.0 Å². The predicted molar refractivity (Wildman–Crippen MR) is 107 cm³/mol. The van der Waals surface area contributed by atoms with Crippen LogP contribution in [0.3, 0.4) is 0 Å². The van der Waals surface area contributed by atoms with Crippen molar-refractivity contribution in [3.05, 3.63) is 96.4 Å². The number of benzene rings is 3. The van der Waals surface area contributed by atoms with Crippen LogP contribution in [0.4, 0.5) is 0 Å². The first-order chi connectivity index (χ1) is 14.3. The Hall–Kier alpha value is -3.93. The van der Waals surface area contributed by atoms with Crippen molar-refractivity contribution in [2.45, 2.75) is 6.42 Å². The molecule has 0 unspecified atom stereocenters. The van der Waals surface area contributed by atoms with Gasteiger partial charge in [-0.2, -0.15) is 0 Å². The lowest BCUT2D eigenvalue weighted by Gasteiger charge is -2.11. The smallest absolute Gasteiger partial charge is 0.349 e. The average molecular weight is 386 g/mol. The molecule has 0 atom stereocenters. The Bertz CT molecular complexity index is 1060. The number of hydrogen-bond donors (Lipinski definition) is 0. The number of aromatic nitrogens is 2. The second-order valence-electron chi connectivity index (χ2n) is 6.30. The van der Waals surface area contributed by atoms with Gasteiger partial charge in [-0.1, -0.05) is 48.5 Å². The molecule has 0 aliphatic carbocycles. The molecular weight excluding hydrogens is 368 g/mol. The Morgan fingerprint density at radius 2 is 1.66 bits per heavy atom. The molecule has 0 fully saturated rings. The Morgan fingerprint density at radius 1 is 0.897 bits per heavy atom. The fourth-order valence-electron chi connectivity index (χ4n) is 2.87. The molecule has 0 saturated carbocycles. The van der Waals surface area contributed by atoms with Crippen molar-refractivity contribution in [1.29, 1.82) is 0 Å². The molecule has 4 rings (SSSR count). The number of hydrogen-bond acceptors (Lipinski definition) is 6. The lowest BCUT2D eigenvalue weighted by atomic mass is 10.0. The third-order valence-electron chi connectivity index (χ3n) is 4.25. The minimum absolute atomic E-state index is 0.183. The summed E-state index contributed by atoms with van der Waals surface area (Å²) < 4.78 is 16.2. The molecule has 1 aromatic heterocycles. The van der Waals surface area contributed by atoms with Crippen LogP contribution in [0.1, 0.15) is 11.1 Å². The Kier molecular flexibility index (Phi) is 5.62. The van der Waals surface area contributed by atoms with E-state index in [1.807, 2.05) is 42.5 Å². The summed E-state index contributed by atoms with van der Waals surface area (Å²) in [5, 5.41) is 7.47. The van der Waals surface area contributed by atoms with Crippen LogP contribution in [0.2, 0.25) is 0 Å². The number of carbonyl (C=O) groups excluding carboxylic acids is 1. The fourth-order valence-corrected chi connectivity index (χ4v) is 2.87. The molecule has 3 aromatic carbocycles. The van der Waals surface area contributed by atoms with Gasteiger partial charge in [0.25, 0.3) is 0 Å². The second-order valence-corrected chi connectivity index (χ2v) is 6.30. The molecule has 6 nitrogen and oxygen atoms in total. The summed E-state index contributed by atoms with van der Waals surface area (Å²) in [5.41, 5.74) is 2.93. The zero-order chi connectivity index (χ0) is 19.9. The summed E-state index contributed by atoms with van der Waals surface area (Å²) in [5.74, 6) is 1.01. The molecule has 29 heavy (non-hydrogen) atoms. The first kappa shape index (κ1) is 18.4. The van der Waals surface area contributed by atoms with Gasteiger partial charge in [0.15, 0.2) is 6.61 Å². The highest BCUT2D eigenvalue weighted by atomic mass is 16.6. The quantitative estimate of drug-likeness (QED) is 0.348. The van der Waals surface area contributed by atoms with Crippen LogP contribution >= 0.6 is 0 Å². The van der Waals surface area contributed by atoms with Gasteiger partial charge < -0.3 is 13.9 Å². The zero-order valence-electron chi connectivity index (χ0n) is 15.5. The van der Waals surface area contributed by atoms with Crippen LogP contribution in [0, 0.1) is 0 Å². The van der Waals surface area contributed by atoms with Gasteiger partial charge in [-0.15, -0.1) is 10.2 Å². The van der Waals surface area contributed by atoms with Gasteiger partial charge >= 0.3 is 5.97 Å². The first-order valence-corrected chi connectivity index (χ1v) is 9.10. The summed E-state index contributed by atoms with van der Waals surface area (Å²) in [6, 6.07) is 24.6. The van der Waals surface area contributed by atoms with Gasteiger partial charge in [0.1, 0.15) is 11.5 Å². The molecular formula is C23H18N2O4. The van der Waals surface area contributed by atoms with E-state index in [-0.39, 0.29) is 6.61 Å². The van der Waals surface area contributed by atoms with E-state index < -0.39 is 5.97 Å². The fraction of sp³-hybridized carbons (Fsp3) is 0.0870. The van der Waals surface area contributed by atoms with Crippen molar-refractivity contribution in [2.24, 2.45) is 0 Å². The number of carbonyl (C=O) groups is 1. The van der Waals surface area contributed by atoms with Gasteiger partial charge in [0.2, 0.25) is 12.3 Å². The van der Waals surface area contributed by atoms with Gasteiger partial charge in [-0.25, -0.2) is 4.79 Å². The van der Waals surface area contributed by atoms with Gasteiger partial charge in [-0.3, -0.25) is 0 Å². The lowest BCUT2D eigenvalue weighted by molar-refractivity contribution is -0.136. The maximum Gasteiger partial charge on any atom is 0.349 e. The van der Waals surface area contributed by atoms with Crippen molar-refractivity contribution in [1.82, 2.24) is 10.2 Å². The third kappa shape index (κ3) is 4.87. The topological polar surface area (TPSA) is 74.5 Å². The van der Waals surface area contributed by atoms with Crippen LogP contribution in [0.25, 0.3) is 11.5 Å². The standard InChI is InChI=1S/C23H18N2O4/c26-22(29-20-12-10-18(11-13-20)23-25-24-16-28-23)15-27-21-9-5-4-8-19(21)14-17-6-2-1-3-7-17/h1-13,16H,14-15H2. The monoisotopic (exact) mass is 386 g/mol. The summed E-state index contributed by atoms with van der Waals surface area (Å²) in [6.45, 7) is -0.183. The van der Waals surface area contributed by atoms with Crippen LogP contribution in [-0.2, 0) is 11.2 Å². The summed E-state index contributed by atoms with van der Waals surface area (Å²) in [6.07, 6.45) is 1.99. The van der Waals surface area contributed by atoms with Crippen LogP contribution < -0.4 is 9.47 Å². The molecule has 144 valence electrons. The van der Waals surface area contributed by atoms with Crippen molar-refractivity contribution in [3.8, 4) is 23.0 Å². The number of ether oxygens (including phenoxy) is 2. The molecule has 0 N–H and O–H groups in total. The predicted octanol–water partition coefficient (Wildman–Crippen LogP) is 4.31. The summed E-state index contributed by atoms with van der Waals surface area (Å²) in [4.78, 5) is 12.2. The van der Waals surface area contributed by atoms with Crippen LogP contribution in [0.15, 0.2) is 89.7 Å². The largest absolute Gasteiger partial charge is 0.482 e. The van der Waals surface area contributed by atoms with Crippen LogP contribution in [0.5, 0.6) is 11.5 Å². The van der Waals surface area contributed by atoms with Crippen molar-refractivity contribution in [2.75, 3.05) is 6.61 Å². The normalized spacial score (nSPS) is 10.5. The molecule has 0 aliphatic rings. The lowest BCUT2D eigenvalue weighted by Crippen LogP contribution is -2.18. The maximum atomic E-state index is 12.2. The van der Waals surface area contributed by atoms with E-state index in [1.54, 1.807) is 24.3 Å². The molecule has 1 heterocycles. The molecule has 0 bridgehead atoms. The van der Waals surface area contributed by atoms with E-state index in [4.69, 9.17) is 13.9 Å². The number of nitrogens with zero attached hydrogens (tertiary/aromatic N) is 2. The summed E-state index contributed by atoms with van der Waals surface area (Å²) in [7, 11) is 0. The van der Waals surface area contributed by atoms with E-state index in [0.29, 0.717) is 17.4 Å². The van der Waals surface area contributed by atoms with Gasteiger partial charge in [0.05, 0.1) is 0 Å². The maximum absolute atomic E-state index is 12.2. The van der Waals surface area contributed by atoms with E-state index in [0.717, 1.165) is 17.5 Å². The van der Waals surface area contributed by atoms with E-state index in [2.05, 4.69) is 22.3 Å². The van der Waals surface area contributed by atoms with Crippen molar-refractivity contribution in [3.63, 3.8) is 0 Å². The Morgan fingerprint density at radius 3 is 2.41 bits per heavy atom. The van der Waals surface area contributed by atoms with Crippen LogP contribution in [-0.4, -0.2) is 22.8 Å². The number of esters is 1. The first-order valence-electron chi connectivity index (χ1n) is 9.10. The van der Waals surface area contributed by atoms with Crippen molar-refractivity contribution < 1.29 is 18.7 Å². The number of rotatable bonds is 7. The molecule has 0 amide bonds. The number of para-hydroxylation sites is 1. The molecule has 4 aromatic rings. The van der Waals surface area contributed by atoms with E-state index >= 15 is 0 Å². The highest BCUT2D eigenvalue weighted by Gasteiger charge is 2.10. The molecule has 0 aliphatic heterocycles. The van der Waals surface area contributed by atoms with E-state index in [9.17, 15) is 4.79 Å². The molecule has 0 saturated heterocycles. The minimum Gasteiger partial charge on any atom is -0.482 e. The van der Waals surface area contributed by atoms with Crippen molar-refractivity contribution >= 4 is 5.97 Å². The molecule has 6 heteroatoms. The Balaban J connectivity index is 1.35. The van der Waals surface area contributed by atoms with E-state index in [1.165, 1.54) is 12.0 Å².